The Bertz CT molecular complexity index is 1150. The highest BCUT2D eigenvalue weighted by atomic mass is 32.1. The first-order chi connectivity index (χ1) is 15.8. The second kappa shape index (κ2) is 9.46. The van der Waals surface area contributed by atoms with Crippen molar-refractivity contribution < 1.29 is 13.8 Å². The number of nitrogens with zero attached hydrogens (tertiary/aromatic N) is 5. The van der Waals surface area contributed by atoms with Crippen molar-refractivity contribution in [1.82, 2.24) is 25.1 Å². The molecule has 0 saturated carbocycles. The van der Waals surface area contributed by atoms with Crippen LogP contribution in [0.2, 0.25) is 0 Å². The van der Waals surface area contributed by atoms with E-state index < -0.39 is 0 Å². The SMILES string of the molecule is O=C(c1cc(-c2ccccc2)on1)N1CCN(CCCc2nc(-c3cccs3)no2)CC1. The van der Waals surface area contributed by atoms with Crippen LogP contribution >= 0.6 is 11.3 Å². The summed E-state index contributed by atoms with van der Waals surface area (Å²) in [5.41, 5.74) is 1.27. The summed E-state index contributed by atoms with van der Waals surface area (Å²) in [4.78, 5) is 22.5. The summed E-state index contributed by atoms with van der Waals surface area (Å²) in [6.45, 7) is 3.95. The first kappa shape index (κ1) is 20.6. The zero-order chi connectivity index (χ0) is 21.8. The summed E-state index contributed by atoms with van der Waals surface area (Å²) in [6, 6.07) is 15.4. The van der Waals surface area contributed by atoms with Gasteiger partial charge in [0.05, 0.1) is 4.88 Å². The standard InChI is InChI=1S/C23H23N5O3S/c29-23(18-16-19(30-25-18)17-6-2-1-3-7-17)28-13-11-27(12-14-28)10-4-9-21-24-22(26-31-21)20-8-5-15-32-20/h1-3,5-8,15-16H,4,9-14H2. The fourth-order valence-electron chi connectivity index (χ4n) is 3.77. The van der Waals surface area contributed by atoms with Crippen molar-refractivity contribution >= 4 is 17.2 Å². The molecular weight excluding hydrogens is 426 g/mol. The van der Waals surface area contributed by atoms with Gasteiger partial charge in [-0.25, -0.2) is 0 Å². The van der Waals surface area contributed by atoms with E-state index in [0.29, 0.717) is 36.3 Å². The van der Waals surface area contributed by atoms with E-state index >= 15 is 0 Å². The Labute approximate surface area is 189 Å². The predicted molar refractivity (Wildman–Crippen MR) is 120 cm³/mol. The number of hydrogen-bond donors (Lipinski definition) is 0. The summed E-state index contributed by atoms with van der Waals surface area (Å²) in [6.07, 6.45) is 1.68. The molecule has 1 aliphatic rings. The molecule has 1 fully saturated rings. The average Bonchev–Trinajstić information content (AvgIpc) is 3.61. The average molecular weight is 450 g/mol. The van der Waals surface area contributed by atoms with Crippen molar-refractivity contribution in [3.8, 4) is 22.0 Å². The van der Waals surface area contributed by atoms with Gasteiger partial charge in [-0.15, -0.1) is 11.3 Å². The van der Waals surface area contributed by atoms with Crippen LogP contribution in [0, 0.1) is 0 Å². The molecule has 1 saturated heterocycles. The zero-order valence-electron chi connectivity index (χ0n) is 17.5. The molecule has 0 bridgehead atoms. The van der Waals surface area contributed by atoms with E-state index in [1.165, 1.54) is 0 Å². The quantitative estimate of drug-likeness (QED) is 0.423. The Morgan fingerprint density at radius 2 is 1.84 bits per heavy atom. The number of carbonyl (C=O) groups excluding carboxylic acids is 1. The van der Waals surface area contributed by atoms with Crippen molar-refractivity contribution in [3.63, 3.8) is 0 Å². The number of hydrogen-bond acceptors (Lipinski definition) is 8. The Morgan fingerprint density at radius 1 is 1.00 bits per heavy atom. The molecule has 0 spiro atoms. The number of benzene rings is 1. The van der Waals surface area contributed by atoms with Crippen molar-refractivity contribution in [3.05, 3.63) is 65.5 Å². The third-order valence-corrected chi connectivity index (χ3v) is 6.39. The molecule has 1 aliphatic heterocycles. The molecule has 0 radical (unpaired) electrons. The molecule has 5 rings (SSSR count). The molecule has 32 heavy (non-hydrogen) atoms. The Balaban J connectivity index is 1.08. The highest BCUT2D eigenvalue weighted by Crippen LogP contribution is 2.22. The number of rotatable bonds is 7. The van der Waals surface area contributed by atoms with E-state index in [0.717, 1.165) is 42.9 Å². The largest absolute Gasteiger partial charge is 0.355 e. The number of aromatic nitrogens is 3. The fourth-order valence-corrected chi connectivity index (χ4v) is 4.42. The molecule has 1 aromatic carbocycles. The van der Waals surface area contributed by atoms with Gasteiger partial charge in [-0.2, -0.15) is 4.98 Å². The van der Waals surface area contributed by atoms with Crippen molar-refractivity contribution in [2.24, 2.45) is 0 Å². The second-order valence-electron chi connectivity index (χ2n) is 7.67. The first-order valence-corrected chi connectivity index (χ1v) is 11.5. The minimum absolute atomic E-state index is 0.0810. The lowest BCUT2D eigenvalue weighted by molar-refractivity contribution is 0.0625. The molecule has 1 amide bonds. The van der Waals surface area contributed by atoms with Crippen LogP contribution in [-0.4, -0.2) is 63.7 Å². The van der Waals surface area contributed by atoms with Gasteiger partial charge in [-0.3, -0.25) is 9.69 Å². The summed E-state index contributed by atoms with van der Waals surface area (Å²) < 4.78 is 10.7. The van der Waals surface area contributed by atoms with Gasteiger partial charge in [0.15, 0.2) is 11.5 Å². The Hall–Kier alpha value is -3.30. The van der Waals surface area contributed by atoms with Crippen LogP contribution in [0.5, 0.6) is 0 Å². The molecule has 0 atom stereocenters. The van der Waals surface area contributed by atoms with Gasteiger partial charge in [0.1, 0.15) is 0 Å². The van der Waals surface area contributed by atoms with E-state index in [2.05, 4.69) is 20.2 Å². The molecule has 0 unspecified atom stereocenters. The maximum Gasteiger partial charge on any atom is 0.276 e. The van der Waals surface area contributed by atoms with E-state index in [1.807, 2.05) is 52.7 Å². The van der Waals surface area contributed by atoms with Crippen LogP contribution in [0.4, 0.5) is 0 Å². The van der Waals surface area contributed by atoms with Gasteiger partial charge in [0, 0.05) is 44.2 Å². The van der Waals surface area contributed by atoms with E-state index in [9.17, 15) is 4.79 Å². The number of aryl methyl sites for hydroxylation is 1. The fraction of sp³-hybridized carbons (Fsp3) is 0.304. The maximum absolute atomic E-state index is 12.8. The molecule has 164 valence electrons. The second-order valence-corrected chi connectivity index (χ2v) is 8.62. The molecule has 9 heteroatoms. The van der Waals surface area contributed by atoms with Crippen molar-refractivity contribution in [2.75, 3.05) is 32.7 Å². The highest BCUT2D eigenvalue weighted by Gasteiger charge is 2.24. The van der Waals surface area contributed by atoms with Crippen LogP contribution in [0.1, 0.15) is 22.8 Å². The van der Waals surface area contributed by atoms with Crippen LogP contribution < -0.4 is 0 Å². The molecule has 4 aromatic rings. The predicted octanol–water partition coefficient (Wildman–Crippen LogP) is 3.84. The van der Waals surface area contributed by atoms with Gasteiger partial charge >= 0.3 is 0 Å². The van der Waals surface area contributed by atoms with Crippen LogP contribution in [-0.2, 0) is 6.42 Å². The molecule has 0 aliphatic carbocycles. The lowest BCUT2D eigenvalue weighted by Gasteiger charge is -2.34. The van der Waals surface area contributed by atoms with Gasteiger partial charge < -0.3 is 13.9 Å². The van der Waals surface area contributed by atoms with Gasteiger partial charge in [0.2, 0.25) is 11.7 Å². The molecule has 4 heterocycles. The molecule has 3 aromatic heterocycles. The third-order valence-electron chi connectivity index (χ3n) is 5.52. The Morgan fingerprint density at radius 3 is 2.62 bits per heavy atom. The third kappa shape index (κ3) is 4.63. The van der Waals surface area contributed by atoms with E-state index in [-0.39, 0.29) is 5.91 Å². The maximum atomic E-state index is 12.8. The van der Waals surface area contributed by atoms with Crippen LogP contribution in [0.15, 0.2) is 63.0 Å². The topological polar surface area (TPSA) is 88.5 Å². The summed E-state index contributed by atoms with van der Waals surface area (Å²) in [5, 5.41) is 10.0. The minimum Gasteiger partial charge on any atom is -0.355 e. The van der Waals surface area contributed by atoms with Gasteiger partial charge in [-0.05, 0) is 24.4 Å². The number of amides is 1. The smallest absolute Gasteiger partial charge is 0.276 e. The lowest BCUT2D eigenvalue weighted by Crippen LogP contribution is -2.49. The normalized spacial score (nSPS) is 14.7. The van der Waals surface area contributed by atoms with Crippen LogP contribution in [0.25, 0.3) is 22.0 Å². The van der Waals surface area contributed by atoms with Crippen molar-refractivity contribution in [2.45, 2.75) is 12.8 Å². The summed E-state index contributed by atoms with van der Waals surface area (Å²) in [7, 11) is 0. The molecule has 0 N–H and O–H groups in total. The number of carbonyl (C=O) groups is 1. The number of thiophene rings is 1. The molecular formula is C23H23N5O3S. The monoisotopic (exact) mass is 449 g/mol. The highest BCUT2D eigenvalue weighted by molar-refractivity contribution is 7.13. The molecule has 8 nitrogen and oxygen atoms in total. The van der Waals surface area contributed by atoms with E-state index in [1.54, 1.807) is 17.4 Å². The zero-order valence-corrected chi connectivity index (χ0v) is 18.3. The van der Waals surface area contributed by atoms with E-state index in [4.69, 9.17) is 9.05 Å². The lowest BCUT2D eigenvalue weighted by atomic mass is 10.1. The van der Waals surface area contributed by atoms with Crippen LogP contribution in [0.3, 0.4) is 0 Å². The Kier molecular flexibility index (Phi) is 6.09. The van der Waals surface area contributed by atoms with Crippen molar-refractivity contribution in [1.29, 1.82) is 0 Å². The van der Waals surface area contributed by atoms with Gasteiger partial charge in [0.25, 0.3) is 5.91 Å². The summed E-state index contributed by atoms with van der Waals surface area (Å²) in [5.74, 6) is 1.85. The summed E-state index contributed by atoms with van der Waals surface area (Å²) >= 11 is 1.60. The minimum atomic E-state index is -0.0810. The van der Waals surface area contributed by atoms with Gasteiger partial charge in [-0.1, -0.05) is 46.7 Å². The number of piperazine rings is 1. The first-order valence-electron chi connectivity index (χ1n) is 10.7.